The van der Waals surface area contributed by atoms with E-state index in [-0.39, 0.29) is 11.4 Å². The average molecular weight is 207 g/mol. The van der Waals surface area contributed by atoms with Crippen LogP contribution >= 0.6 is 0 Å². The van der Waals surface area contributed by atoms with Gasteiger partial charge >= 0.3 is 5.69 Å². The van der Waals surface area contributed by atoms with Gasteiger partial charge in [-0.05, 0) is 6.07 Å². The van der Waals surface area contributed by atoms with Crippen molar-refractivity contribution in [1.82, 2.24) is 25.4 Å². The van der Waals surface area contributed by atoms with Gasteiger partial charge in [-0.1, -0.05) is 0 Å². The van der Waals surface area contributed by atoms with Crippen LogP contribution < -0.4 is 11.2 Å². The van der Waals surface area contributed by atoms with Crippen LogP contribution in [-0.4, -0.2) is 31.2 Å². The molecule has 0 radical (unpaired) electrons. The number of ketones is 1. The summed E-state index contributed by atoms with van der Waals surface area (Å²) in [6, 6.07) is 1.40. The summed E-state index contributed by atoms with van der Waals surface area (Å²) >= 11 is 0. The molecular weight excluding hydrogens is 202 g/mol. The summed E-state index contributed by atoms with van der Waals surface area (Å²) in [6.07, 6.45) is 1.37. The van der Waals surface area contributed by atoms with Crippen molar-refractivity contribution in [1.29, 1.82) is 0 Å². The molecule has 2 aromatic heterocycles. The molecule has 8 heteroatoms. The van der Waals surface area contributed by atoms with Crippen LogP contribution in [0.15, 0.2) is 21.9 Å². The molecule has 0 aliphatic heterocycles. The summed E-state index contributed by atoms with van der Waals surface area (Å²) < 4.78 is 0. The molecule has 76 valence electrons. The topological polar surface area (TPSA) is 124 Å². The van der Waals surface area contributed by atoms with Crippen LogP contribution in [0.5, 0.6) is 0 Å². The molecule has 0 fully saturated rings. The first-order valence-corrected chi connectivity index (χ1v) is 3.91. The third kappa shape index (κ3) is 1.59. The summed E-state index contributed by atoms with van der Waals surface area (Å²) in [5.41, 5.74) is -1.86. The highest BCUT2D eigenvalue weighted by Crippen LogP contribution is 1.97. The van der Waals surface area contributed by atoms with E-state index >= 15 is 0 Å². The van der Waals surface area contributed by atoms with Crippen molar-refractivity contribution in [3.05, 3.63) is 44.5 Å². The van der Waals surface area contributed by atoms with E-state index in [1.165, 1.54) is 12.3 Å². The number of carbonyl (C=O) groups excluding carboxylic acids is 1. The van der Waals surface area contributed by atoms with Crippen molar-refractivity contribution in [2.45, 2.75) is 0 Å². The molecule has 0 bridgehead atoms. The van der Waals surface area contributed by atoms with E-state index in [9.17, 15) is 14.4 Å². The number of hydrogen-bond donors (Lipinski definition) is 3. The Labute approximate surface area is 81.4 Å². The second kappa shape index (κ2) is 3.33. The molecule has 0 aliphatic rings. The third-order valence-corrected chi connectivity index (χ3v) is 1.67. The second-order valence-electron chi connectivity index (χ2n) is 2.65. The molecule has 2 heterocycles. The van der Waals surface area contributed by atoms with Crippen LogP contribution in [0.4, 0.5) is 0 Å². The van der Waals surface area contributed by atoms with E-state index in [2.05, 4.69) is 15.3 Å². The quantitative estimate of drug-likeness (QED) is 0.512. The van der Waals surface area contributed by atoms with Gasteiger partial charge in [-0.15, -0.1) is 0 Å². The Hall–Kier alpha value is -2.51. The molecule has 0 atom stereocenters. The van der Waals surface area contributed by atoms with Crippen molar-refractivity contribution in [2.75, 3.05) is 0 Å². The minimum absolute atomic E-state index is 0.125. The molecule has 8 nitrogen and oxygen atoms in total. The molecule has 0 saturated heterocycles. The molecule has 0 unspecified atom stereocenters. The summed E-state index contributed by atoms with van der Waals surface area (Å²) in [5.74, 6) is -0.634. The maximum absolute atomic E-state index is 11.6. The van der Waals surface area contributed by atoms with E-state index in [1.54, 1.807) is 0 Å². The molecule has 0 aromatic carbocycles. The number of aromatic nitrogens is 5. The summed E-state index contributed by atoms with van der Waals surface area (Å²) in [5, 5.41) is 11.3. The highest BCUT2D eigenvalue weighted by atomic mass is 16.2. The van der Waals surface area contributed by atoms with E-state index in [1.807, 2.05) is 10.1 Å². The lowest BCUT2D eigenvalue weighted by atomic mass is 10.2. The Balaban J connectivity index is 2.52. The highest BCUT2D eigenvalue weighted by molar-refractivity contribution is 6.05. The van der Waals surface area contributed by atoms with Crippen molar-refractivity contribution in [2.24, 2.45) is 0 Å². The third-order valence-electron chi connectivity index (χ3n) is 1.67. The van der Waals surface area contributed by atoms with E-state index in [4.69, 9.17) is 0 Å². The molecule has 0 aliphatic carbocycles. The Morgan fingerprint density at radius 1 is 1.27 bits per heavy atom. The van der Waals surface area contributed by atoms with Crippen LogP contribution in [0.2, 0.25) is 0 Å². The Morgan fingerprint density at radius 3 is 2.67 bits per heavy atom. The van der Waals surface area contributed by atoms with Crippen molar-refractivity contribution in [3.8, 4) is 0 Å². The van der Waals surface area contributed by atoms with Gasteiger partial charge in [0.15, 0.2) is 5.69 Å². The lowest BCUT2D eigenvalue weighted by Gasteiger charge is -1.93. The fourth-order valence-electron chi connectivity index (χ4n) is 1.01. The van der Waals surface area contributed by atoms with Crippen LogP contribution in [0.25, 0.3) is 0 Å². The number of carbonyl (C=O) groups is 1. The maximum atomic E-state index is 11.6. The molecule has 3 N–H and O–H groups in total. The Bertz CT molecular complexity index is 594. The van der Waals surface area contributed by atoms with Crippen LogP contribution in [-0.2, 0) is 0 Å². The van der Waals surface area contributed by atoms with Crippen molar-refractivity contribution >= 4 is 5.78 Å². The minimum Gasteiger partial charge on any atom is -0.285 e. The molecule has 0 spiro atoms. The first-order valence-electron chi connectivity index (χ1n) is 3.91. The molecule has 2 aromatic rings. The fourth-order valence-corrected chi connectivity index (χ4v) is 1.01. The lowest BCUT2D eigenvalue weighted by molar-refractivity contribution is 0.102. The van der Waals surface area contributed by atoms with Gasteiger partial charge in [-0.25, -0.2) is 9.89 Å². The van der Waals surface area contributed by atoms with E-state index < -0.39 is 17.0 Å². The number of aromatic amines is 3. The zero-order chi connectivity index (χ0) is 10.8. The SMILES string of the molecule is O=C(c1ccn[nH]1)c1n[nH]c(=O)[nH]c1=O. The van der Waals surface area contributed by atoms with Gasteiger partial charge in [0.2, 0.25) is 5.78 Å². The molecule has 15 heavy (non-hydrogen) atoms. The maximum Gasteiger partial charge on any atom is 0.342 e. The van der Waals surface area contributed by atoms with Gasteiger partial charge in [0.25, 0.3) is 5.56 Å². The zero-order valence-electron chi connectivity index (χ0n) is 7.27. The van der Waals surface area contributed by atoms with Crippen molar-refractivity contribution in [3.63, 3.8) is 0 Å². The van der Waals surface area contributed by atoms with Crippen LogP contribution in [0, 0.1) is 0 Å². The number of nitrogens with zero attached hydrogens (tertiary/aromatic N) is 2. The Kier molecular flexibility index (Phi) is 2.01. The van der Waals surface area contributed by atoms with Gasteiger partial charge in [0.05, 0.1) is 0 Å². The lowest BCUT2D eigenvalue weighted by Crippen LogP contribution is -2.30. The predicted octanol–water partition coefficient (Wildman–Crippen LogP) is -1.59. The number of H-pyrrole nitrogens is 3. The van der Waals surface area contributed by atoms with Gasteiger partial charge in [-0.2, -0.15) is 10.2 Å². The number of nitrogens with one attached hydrogen (secondary N) is 3. The summed E-state index contributed by atoms with van der Waals surface area (Å²) in [4.78, 5) is 35.3. The first kappa shape index (κ1) is 9.06. The van der Waals surface area contributed by atoms with Crippen LogP contribution in [0.1, 0.15) is 16.2 Å². The first-order chi connectivity index (χ1) is 7.18. The van der Waals surface area contributed by atoms with Gasteiger partial charge < -0.3 is 0 Å². The summed E-state index contributed by atoms with van der Waals surface area (Å²) in [6.45, 7) is 0. The van der Waals surface area contributed by atoms with Crippen LogP contribution in [0.3, 0.4) is 0 Å². The van der Waals surface area contributed by atoms with E-state index in [0.717, 1.165) is 0 Å². The smallest absolute Gasteiger partial charge is 0.285 e. The van der Waals surface area contributed by atoms with Crippen molar-refractivity contribution < 1.29 is 4.79 Å². The average Bonchev–Trinajstić information content (AvgIpc) is 2.69. The highest BCUT2D eigenvalue weighted by Gasteiger charge is 2.16. The molecule has 2 rings (SSSR count). The Morgan fingerprint density at radius 2 is 2.07 bits per heavy atom. The largest absolute Gasteiger partial charge is 0.342 e. The molecule has 0 saturated carbocycles. The number of rotatable bonds is 2. The second-order valence-corrected chi connectivity index (χ2v) is 2.65. The zero-order valence-corrected chi connectivity index (χ0v) is 7.27. The van der Waals surface area contributed by atoms with Gasteiger partial charge in [0, 0.05) is 6.20 Å². The molecule has 0 amide bonds. The van der Waals surface area contributed by atoms with E-state index in [0.29, 0.717) is 0 Å². The number of hydrogen-bond acceptors (Lipinski definition) is 5. The monoisotopic (exact) mass is 207 g/mol. The fraction of sp³-hybridized carbons (Fsp3) is 0. The predicted molar refractivity (Wildman–Crippen MR) is 47.5 cm³/mol. The van der Waals surface area contributed by atoms with Gasteiger partial charge in [0.1, 0.15) is 5.69 Å². The minimum atomic E-state index is -0.835. The summed E-state index contributed by atoms with van der Waals surface area (Å²) in [7, 11) is 0. The van der Waals surface area contributed by atoms with Gasteiger partial charge in [-0.3, -0.25) is 19.7 Å². The standard InChI is InChI=1S/C7H5N5O3/c13-5(3-1-2-8-10-3)4-6(14)9-7(15)12-11-4/h1-2H,(H,8,10)(H2,9,12,14,15). The molecular formula is C7H5N5O3. The normalized spacial score (nSPS) is 10.1.